The van der Waals surface area contributed by atoms with Gasteiger partial charge in [-0.2, -0.15) is 0 Å². The van der Waals surface area contributed by atoms with E-state index in [0.29, 0.717) is 0 Å². The van der Waals surface area contributed by atoms with E-state index >= 15 is 0 Å². The molecule has 9 nitrogen and oxygen atoms in total. The van der Waals surface area contributed by atoms with Crippen LogP contribution in [0, 0.1) is 0 Å². The van der Waals surface area contributed by atoms with Crippen molar-refractivity contribution in [2.75, 3.05) is 72.0 Å². The number of rotatable bonds is 6. The molecule has 172 valence electrons. The summed E-state index contributed by atoms with van der Waals surface area (Å²) >= 11 is 0. The van der Waals surface area contributed by atoms with E-state index < -0.39 is 0 Å². The molecule has 2 aliphatic heterocycles. The van der Waals surface area contributed by atoms with Crippen molar-refractivity contribution in [3.63, 3.8) is 0 Å². The fourth-order valence-corrected chi connectivity index (χ4v) is 4.35. The molecule has 32 heavy (non-hydrogen) atoms. The minimum atomic E-state index is 0.774. The van der Waals surface area contributed by atoms with Crippen LogP contribution in [0.3, 0.4) is 0 Å². The molecule has 0 bridgehead atoms. The van der Waals surface area contributed by atoms with Gasteiger partial charge in [0, 0.05) is 71.8 Å². The molecule has 3 heterocycles. The summed E-state index contributed by atoms with van der Waals surface area (Å²) in [6.45, 7) is 7.51. The van der Waals surface area contributed by atoms with Crippen LogP contribution in [0.2, 0.25) is 0 Å². The Morgan fingerprint density at radius 3 is 2.34 bits per heavy atom. The third kappa shape index (κ3) is 5.04. The van der Waals surface area contributed by atoms with Crippen LogP contribution in [0.5, 0.6) is 11.5 Å². The van der Waals surface area contributed by atoms with Gasteiger partial charge in [-0.05, 0) is 35.7 Å². The van der Waals surface area contributed by atoms with Crippen LogP contribution in [0.1, 0.15) is 11.1 Å². The maximum absolute atomic E-state index is 5.49. The summed E-state index contributed by atoms with van der Waals surface area (Å²) in [6.07, 6.45) is 4.56. The second-order valence-corrected chi connectivity index (χ2v) is 8.00. The lowest BCUT2D eigenvalue weighted by Crippen LogP contribution is -2.50. The lowest BCUT2D eigenvalue weighted by atomic mass is 9.99. The summed E-state index contributed by atoms with van der Waals surface area (Å²) in [5.74, 6) is 3.34. The zero-order valence-corrected chi connectivity index (χ0v) is 19.3. The molecule has 0 amide bonds. The van der Waals surface area contributed by atoms with Crippen molar-refractivity contribution < 1.29 is 9.47 Å². The number of methoxy groups -OCH3 is 2. The molecular weight excluding hydrogens is 406 g/mol. The molecule has 2 aromatic rings. The van der Waals surface area contributed by atoms with Gasteiger partial charge in [-0.1, -0.05) is 0 Å². The first-order chi connectivity index (χ1) is 15.7. The highest BCUT2D eigenvalue weighted by Crippen LogP contribution is 2.33. The predicted octanol–water partition coefficient (Wildman–Crippen LogP) is 1.25. The van der Waals surface area contributed by atoms with Gasteiger partial charge in [0.05, 0.1) is 14.2 Å². The second-order valence-electron chi connectivity index (χ2n) is 8.00. The Hall–Kier alpha value is -3.07. The number of guanidine groups is 1. The highest BCUT2D eigenvalue weighted by Gasteiger charge is 2.22. The number of nitrogens with zero attached hydrogens (tertiary/aromatic N) is 6. The van der Waals surface area contributed by atoms with Gasteiger partial charge in [0.15, 0.2) is 17.5 Å². The first-order valence-electron chi connectivity index (χ1n) is 11.2. The SMILES string of the molecule is CN=C(NCCN1CCN(c2ncccn2)CC1)N1CCc2cc(OC)c(OC)cc2C1. The minimum Gasteiger partial charge on any atom is -0.493 e. The number of anilines is 1. The monoisotopic (exact) mass is 439 g/mol. The maximum Gasteiger partial charge on any atom is 0.225 e. The van der Waals surface area contributed by atoms with Gasteiger partial charge in [-0.3, -0.25) is 9.89 Å². The average Bonchev–Trinajstić information content (AvgIpc) is 2.86. The smallest absolute Gasteiger partial charge is 0.225 e. The third-order valence-corrected chi connectivity index (χ3v) is 6.15. The molecule has 2 aliphatic rings. The van der Waals surface area contributed by atoms with E-state index in [1.165, 1.54) is 11.1 Å². The lowest BCUT2D eigenvalue weighted by Gasteiger charge is -2.35. The molecule has 1 aromatic carbocycles. The summed E-state index contributed by atoms with van der Waals surface area (Å²) in [5, 5.41) is 3.55. The van der Waals surface area contributed by atoms with E-state index in [9.17, 15) is 0 Å². The Morgan fingerprint density at radius 2 is 1.69 bits per heavy atom. The molecule has 4 rings (SSSR count). The van der Waals surface area contributed by atoms with Crippen LogP contribution in [0.25, 0.3) is 0 Å². The molecule has 0 spiro atoms. The van der Waals surface area contributed by atoms with Crippen molar-refractivity contribution >= 4 is 11.9 Å². The zero-order chi connectivity index (χ0) is 22.3. The molecule has 0 saturated carbocycles. The number of aromatic nitrogens is 2. The third-order valence-electron chi connectivity index (χ3n) is 6.15. The zero-order valence-electron chi connectivity index (χ0n) is 19.3. The van der Waals surface area contributed by atoms with Crippen molar-refractivity contribution in [1.82, 2.24) is 25.1 Å². The van der Waals surface area contributed by atoms with E-state index in [2.05, 4.69) is 47.1 Å². The summed E-state index contributed by atoms with van der Waals surface area (Å²) in [5.41, 5.74) is 2.57. The fraction of sp³-hybridized carbons (Fsp3) is 0.522. The molecule has 1 saturated heterocycles. The number of ether oxygens (including phenoxy) is 2. The number of hydrogen-bond donors (Lipinski definition) is 1. The quantitative estimate of drug-likeness (QED) is 0.532. The summed E-state index contributed by atoms with van der Waals surface area (Å²) in [6, 6.07) is 6.04. The first kappa shape index (κ1) is 22.1. The Labute approximate surface area is 190 Å². The summed E-state index contributed by atoms with van der Waals surface area (Å²) in [4.78, 5) is 20.3. The number of nitrogens with one attached hydrogen (secondary N) is 1. The highest BCUT2D eigenvalue weighted by molar-refractivity contribution is 5.80. The van der Waals surface area contributed by atoms with Gasteiger partial charge in [-0.15, -0.1) is 0 Å². The van der Waals surface area contributed by atoms with Crippen molar-refractivity contribution in [2.24, 2.45) is 4.99 Å². The largest absolute Gasteiger partial charge is 0.493 e. The van der Waals surface area contributed by atoms with Crippen molar-refractivity contribution in [3.05, 3.63) is 41.7 Å². The summed E-state index contributed by atoms with van der Waals surface area (Å²) < 4.78 is 10.9. The Morgan fingerprint density at radius 1 is 1.00 bits per heavy atom. The molecule has 1 fully saturated rings. The van der Waals surface area contributed by atoms with Crippen LogP contribution in [0.4, 0.5) is 5.95 Å². The number of fused-ring (bicyclic) bond motifs is 1. The Kier molecular flexibility index (Phi) is 7.26. The molecule has 0 atom stereocenters. The first-order valence-corrected chi connectivity index (χ1v) is 11.2. The van der Waals surface area contributed by atoms with Crippen LogP contribution in [0.15, 0.2) is 35.6 Å². The standard InChI is InChI=1S/C23H33N7O2/c1-24-22(30-9-5-18-15-20(31-2)21(32-3)16-19(18)17-30)27-8-10-28-11-13-29(14-12-28)23-25-6-4-7-26-23/h4,6-7,15-16H,5,8-14,17H2,1-3H3,(H,24,27). The number of benzene rings is 1. The van der Waals surface area contributed by atoms with Gasteiger partial charge < -0.3 is 24.6 Å². The Bertz CT molecular complexity index is 914. The fourth-order valence-electron chi connectivity index (χ4n) is 4.35. The molecule has 1 aromatic heterocycles. The van der Waals surface area contributed by atoms with Crippen LogP contribution in [-0.4, -0.2) is 92.8 Å². The van der Waals surface area contributed by atoms with Gasteiger partial charge in [0.25, 0.3) is 0 Å². The average molecular weight is 440 g/mol. The lowest BCUT2D eigenvalue weighted by molar-refractivity contribution is 0.258. The van der Waals surface area contributed by atoms with E-state index in [0.717, 1.165) is 82.2 Å². The van der Waals surface area contributed by atoms with E-state index in [1.54, 1.807) is 26.6 Å². The van der Waals surface area contributed by atoms with E-state index in [4.69, 9.17) is 9.47 Å². The van der Waals surface area contributed by atoms with Gasteiger partial charge >= 0.3 is 0 Å². The molecule has 0 aliphatic carbocycles. The maximum atomic E-state index is 5.49. The van der Waals surface area contributed by atoms with E-state index in [-0.39, 0.29) is 0 Å². The normalized spacial score (nSPS) is 17.2. The number of piperazine rings is 1. The molecule has 0 radical (unpaired) electrons. The number of aliphatic imine (C=N–C) groups is 1. The molecule has 9 heteroatoms. The van der Waals surface area contributed by atoms with Crippen LogP contribution in [-0.2, 0) is 13.0 Å². The van der Waals surface area contributed by atoms with Crippen molar-refractivity contribution in [3.8, 4) is 11.5 Å². The highest BCUT2D eigenvalue weighted by atomic mass is 16.5. The topological polar surface area (TPSA) is 78.4 Å². The van der Waals surface area contributed by atoms with Crippen LogP contribution >= 0.6 is 0 Å². The molecule has 1 N–H and O–H groups in total. The van der Waals surface area contributed by atoms with Crippen molar-refractivity contribution in [2.45, 2.75) is 13.0 Å². The molecule has 0 unspecified atom stereocenters. The van der Waals surface area contributed by atoms with E-state index in [1.807, 2.05) is 13.1 Å². The van der Waals surface area contributed by atoms with Gasteiger partial charge in [0.1, 0.15) is 0 Å². The van der Waals surface area contributed by atoms with Gasteiger partial charge in [-0.25, -0.2) is 9.97 Å². The Balaban J connectivity index is 1.26. The second kappa shape index (κ2) is 10.5. The molecular formula is C23H33N7O2. The van der Waals surface area contributed by atoms with Gasteiger partial charge in [0.2, 0.25) is 5.95 Å². The van der Waals surface area contributed by atoms with Crippen LogP contribution < -0.4 is 19.7 Å². The minimum absolute atomic E-state index is 0.774. The predicted molar refractivity (Wildman–Crippen MR) is 126 cm³/mol. The summed E-state index contributed by atoms with van der Waals surface area (Å²) in [7, 11) is 5.21. The number of hydrogen-bond acceptors (Lipinski definition) is 7. The van der Waals surface area contributed by atoms with Crippen molar-refractivity contribution in [1.29, 1.82) is 0 Å².